The highest BCUT2D eigenvalue weighted by Gasteiger charge is 2.33. The molecule has 0 saturated carbocycles. The zero-order chi connectivity index (χ0) is 19.2. The Hall–Kier alpha value is -2.53. The number of halogens is 1. The molecule has 1 fully saturated rings. The van der Waals surface area contributed by atoms with Gasteiger partial charge in [0.15, 0.2) is 0 Å². The molecule has 1 atom stereocenters. The lowest BCUT2D eigenvalue weighted by Crippen LogP contribution is -2.29. The van der Waals surface area contributed by atoms with E-state index in [2.05, 4.69) is 17.4 Å². The summed E-state index contributed by atoms with van der Waals surface area (Å²) in [6, 6.07) is 15.3. The average molecular weight is 387 g/mol. The van der Waals surface area contributed by atoms with Gasteiger partial charge in [-0.05, 0) is 36.6 Å². The number of amides is 2. The predicted molar refractivity (Wildman–Crippen MR) is 106 cm³/mol. The normalized spacial score (nSPS) is 16.4. The van der Waals surface area contributed by atoms with Gasteiger partial charge in [0.25, 0.3) is 0 Å². The number of rotatable bonds is 7. The Morgan fingerprint density at radius 2 is 2.04 bits per heavy atom. The van der Waals surface area contributed by atoms with Gasteiger partial charge in [-0.1, -0.05) is 41.9 Å². The highest BCUT2D eigenvalue weighted by atomic mass is 35.5. The smallest absolute Gasteiger partial charge is 0.229 e. The molecule has 2 aromatic carbocycles. The molecule has 142 valence electrons. The lowest BCUT2D eigenvalue weighted by atomic mass is 10.1. The molecule has 0 radical (unpaired) electrons. The van der Waals surface area contributed by atoms with Crippen LogP contribution in [0.4, 0.5) is 5.69 Å². The zero-order valence-corrected chi connectivity index (χ0v) is 16.0. The number of aryl methyl sites for hydroxylation is 1. The minimum Gasteiger partial charge on any atom is -0.495 e. The second-order valence-corrected chi connectivity index (χ2v) is 7.08. The van der Waals surface area contributed by atoms with Gasteiger partial charge in [-0.2, -0.15) is 0 Å². The molecule has 2 aromatic rings. The summed E-state index contributed by atoms with van der Waals surface area (Å²) in [4.78, 5) is 26.5. The summed E-state index contributed by atoms with van der Waals surface area (Å²) in [5.41, 5.74) is 1.86. The number of hydrogen-bond acceptors (Lipinski definition) is 3. The molecule has 0 spiro atoms. The summed E-state index contributed by atoms with van der Waals surface area (Å²) in [5.74, 6) is 0.0940. The number of methoxy groups -OCH3 is 1. The van der Waals surface area contributed by atoms with E-state index in [1.807, 2.05) is 18.2 Å². The Morgan fingerprint density at radius 3 is 2.74 bits per heavy atom. The standard InChI is InChI=1S/C21H23ClN2O3/c1-27-19-10-9-17(13-18(19)22)23-21(26)16-12-20(25)24(14-16)11-5-8-15-6-3-2-4-7-15/h2-4,6-7,9-10,13,16H,5,8,11-12,14H2,1H3,(H,23,26). The molecular weight excluding hydrogens is 364 g/mol. The van der Waals surface area contributed by atoms with Crippen LogP contribution in [0.15, 0.2) is 48.5 Å². The van der Waals surface area contributed by atoms with Gasteiger partial charge in [-0.25, -0.2) is 0 Å². The Labute approximate surface area is 164 Å². The molecule has 1 saturated heterocycles. The summed E-state index contributed by atoms with van der Waals surface area (Å²) >= 11 is 6.09. The van der Waals surface area contributed by atoms with Crippen molar-refractivity contribution in [1.82, 2.24) is 4.90 Å². The van der Waals surface area contributed by atoms with Crippen LogP contribution in [0.3, 0.4) is 0 Å². The summed E-state index contributed by atoms with van der Waals surface area (Å²) in [5, 5.41) is 3.27. The number of benzene rings is 2. The van der Waals surface area contributed by atoms with Crippen LogP contribution in [0.1, 0.15) is 18.4 Å². The van der Waals surface area contributed by atoms with Gasteiger partial charge in [0, 0.05) is 25.2 Å². The van der Waals surface area contributed by atoms with E-state index in [9.17, 15) is 9.59 Å². The fraction of sp³-hybridized carbons (Fsp3) is 0.333. The topological polar surface area (TPSA) is 58.6 Å². The summed E-state index contributed by atoms with van der Waals surface area (Å²) < 4.78 is 5.11. The second-order valence-electron chi connectivity index (χ2n) is 6.67. The van der Waals surface area contributed by atoms with Crippen molar-refractivity contribution in [2.75, 3.05) is 25.5 Å². The van der Waals surface area contributed by atoms with Crippen LogP contribution in [0, 0.1) is 5.92 Å². The number of anilines is 1. The Morgan fingerprint density at radius 1 is 1.26 bits per heavy atom. The SMILES string of the molecule is COc1ccc(NC(=O)C2CC(=O)N(CCCc3ccccc3)C2)cc1Cl. The Kier molecular flexibility index (Phi) is 6.35. The van der Waals surface area contributed by atoms with Gasteiger partial charge in [0.1, 0.15) is 5.75 Å². The van der Waals surface area contributed by atoms with E-state index >= 15 is 0 Å². The van der Waals surface area contributed by atoms with Gasteiger partial charge in [-0.3, -0.25) is 9.59 Å². The molecule has 3 rings (SSSR count). The molecule has 27 heavy (non-hydrogen) atoms. The van der Waals surface area contributed by atoms with Crippen LogP contribution >= 0.6 is 11.6 Å². The van der Waals surface area contributed by atoms with E-state index in [-0.39, 0.29) is 24.2 Å². The van der Waals surface area contributed by atoms with Crippen molar-refractivity contribution >= 4 is 29.1 Å². The van der Waals surface area contributed by atoms with E-state index in [4.69, 9.17) is 16.3 Å². The maximum Gasteiger partial charge on any atom is 0.229 e. The quantitative estimate of drug-likeness (QED) is 0.788. The first-order chi connectivity index (χ1) is 13.1. The van der Waals surface area contributed by atoms with Crippen LogP contribution in [-0.4, -0.2) is 36.9 Å². The summed E-state index contributed by atoms with van der Waals surface area (Å²) in [6.07, 6.45) is 2.06. The van der Waals surface area contributed by atoms with Crippen LogP contribution in [0.2, 0.25) is 5.02 Å². The van der Waals surface area contributed by atoms with Crippen molar-refractivity contribution in [3.63, 3.8) is 0 Å². The summed E-state index contributed by atoms with van der Waals surface area (Å²) in [6.45, 7) is 1.13. The number of nitrogens with one attached hydrogen (secondary N) is 1. The van der Waals surface area contributed by atoms with E-state index in [0.717, 1.165) is 12.8 Å². The van der Waals surface area contributed by atoms with Crippen molar-refractivity contribution in [2.45, 2.75) is 19.3 Å². The van der Waals surface area contributed by atoms with Gasteiger partial charge in [0.2, 0.25) is 11.8 Å². The zero-order valence-electron chi connectivity index (χ0n) is 15.3. The highest BCUT2D eigenvalue weighted by Crippen LogP contribution is 2.28. The third kappa shape index (κ3) is 5.01. The van der Waals surface area contributed by atoms with Crippen LogP contribution in [-0.2, 0) is 16.0 Å². The summed E-state index contributed by atoms with van der Waals surface area (Å²) in [7, 11) is 1.54. The first-order valence-corrected chi connectivity index (χ1v) is 9.40. The third-order valence-electron chi connectivity index (χ3n) is 4.74. The average Bonchev–Trinajstić information content (AvgIpc) is 3.04. The molecule has 0 aromatic heterocycles. The molecule has 0 aliphatic carbocycles. The Balaban J connectivity index is 1.50. The van der Waals surface area contributed by atoms with E-state index in [0.29, 0.717) is 29.5 Å². The lowest BCUT2D eigenvalue weighted by Gasteiger charge is -2.16. The van der Waals surface area contributed by atoms with Gasteiger partial charge >= 0.3 is 0 Å². The fourth-order valence-electron chi connectivity index (χ4n) is 3.27. The molecule has 1 unspecified atom stereocenters. The van der Waals surface area contributed by atoms with Crippen LogP contribution in [0.25, 0.3) is 0 Å². The monoisotopic (exact) mass is 386 g/mol. The molecule has 0 bridgehead atoms. The van der Waals surface area contributed by atoms with Crippen LogP contribution in [0.5, 0.6) is 5.75 Å². The molecule has 1 aliphatic heterocycles. The van der Waals surface area contributed by atoms with E-state index in [1.54, 1.807) is 23.1 Å². The van der Waals surface area contributed by atoms with Crippen molar-refractivity contribution in [2.24, 2.45) is 5.92 Å². The van der Waals surface area contributed by atoms with E-state index < -0.39 is 0 Å². The van der Waals surface area contributed by atoms with Crippen molar-refractivity contribution in [3.05, 3.63) is 59.1 Å². The predicted octanol–water partition coefficient (Wildman–Crippen LogP) is 3.77. The van der Waals surface area contributed by atoms with Crippen molar-refractivity contribution in [1.29, 1.82) is 0 Å². The van der Waals surface area contributed by atoms with Gasteiger partial charge in [0.05, 0.1) is 18.1 Å². The molecular formula is C21H23ClN2O3. The molecule has 5 nitrogen and oxygen atoms in total. The van der Waals surface area contributed by atoms with Crippen molar-refractivity contribution < 1.29 is 14.3 Å². The van der Waals surface area contributed by atoms with Gasteiger partial charge < -0.3 is 15.0 Å². The third-order valence-corrected chi connectivity index (χ3v) is 5.04. The number of ether oxygens (including phenoxy) is 1. The maximum atomic E-state index is 12.5. The number of carbonyl (C=O) groups is 2. The number of nitrogens with zero attached hydrogens (tertiary/aromatic N) is 1. The fourth-order valence-corrected chi connectivity index (χ4v) is 3.53. The van der Waals surface area contributed by atoms with Gasteiger partial charge in [-0.15, -0.1) is 0 Å². The van der Waals surface area contributed by atoms with Crippen LogP contribution < -0.4 is 10.1 Å². The maximum absolute atomic E-state index is 12.5. The second kappa shape index (κ2) is 8.91. The first-order valence-electron chi connectivity index (χ1n) is 9.03. The number of likely N-dealkylation sites (tertiary alicyclic amines) is 1. The van der Waals surface area contributed by atoms with Crippen molar-refractivity contribution in [3.8, 4) is 5.75 Å². The first kappa shape index (κ1) is 19.2. The molecule has 1 aliphatic rings. The number of carbonyl (C=O) groups excluding carboxylic acids is 2. The minimum absolute atomic E-state index is 0.0379. The molecule has 2 amide bonds. The highest BCUT2D eigenvalue weighted by molar-refractivity contribution is 6.32. The largest absolute Gasteiger partial charge is 0.495 e. The lowest BCUT2D eigenvalue weighted by molar-refractivity contribution is -0.128. The van der Waals surface area contributed by atoms with E-state index in [1.165, 1.54) is 12.7 Å². The molecule has 1 heterocycles. The minimum atomic E-state index is -0.338. The number of hydrogen-bond donors (Lipinski definition) is 1. The Bertz CT molecular complexity index is 810. The molecule has 6 heteroatoms. The molecule has 1 N–H and O–H groups in total.